The van der Waals surface area contributed by atoms with Gasteiger partial charge in [-0.2, -0.15) is 5.26 Å². The second-order valence-corrected chi connectivity index (χ2v) is 4.30. The van der Waals surface area contributed by atoms with Gasteiger partial charge in [0.05, 0.1) is 6.07 Å². The molecule has 0 aromatic rings. The van der Waals surface area contributed by atoms with Crippen molar-refractivity contribution < 1.29 is 4.79 Å². The van der Waals surface area contributed by atoms with Crippen molar-refractivity contribution in [3.63, 3.8) is 0 Å². The van der Waals surface area contributed by atoms with Gasteiger partial charge in [0.25, 0.3) is 0 Å². The summed E-state index contributed by atoms with van der Waals surface area (Å²) in [7, 11) is 0. The Labute approximate surface area is 92.9 Å². The molecule has 1 atom stereocenters. The number of hydrogen-bond donors (Lipinski definition) is 1. The average molecular weight is 210 g/mol. The molecule has 0 bridgehead atoms. The number of carbonyl (C=O) groups is 1. The van der Waals surface area contributed by atoms with E-state index in [1.807, 2.05) is 13.0 Å². The van der Waals surface area contributed by atoms with E-state index in [0.29, 0.717) is 18.9 Å². The van der Waals surface area contributed by atoms with Crippen molar-refractivity contribution in [2.45, 2.75) is 46.5 Å². The first-order valence-electron chi connectivity index (χ1n) is 5.79. The molecule has 0 radical (unpaired) electrons. The van der Waals surface area contributed by atoms with Gasteiger partial charge in [0, 0.05) is 6.54 Å². The second-order valence-electron chi connectivity index (χ2n) is 4.30. The Bertz CT molecular complexity index is 218. The first kappa shape index (κ1) is 14.0. The van der Waals surface area contributed by atoms with Gasteiger partial charge in [-0.3, -0.25) is 4.79 Å². The lowest BCUT2D eigenvalue weighted by molar-refractivity contribution is -0.123. The maximum absolute atomic E-state index is 11.5. The molecule has 0 aromatic carbocycles. The van der Waals surface area contributed by atoms with Crippen LogP contribution in [0, 0.1) is 23.2 Å². The van der Waals surface area contributed by atoms with Crippen molar-refractivity contribution in [1.82, 2.24) is 5.32 Å². The largest absolute Gasteiger partial charge is 0.355 e. The fourth-order valence-corrected chi connectivity index (χ4v) is 1.39. The van der Waals surface area contributed by atoms with E-state index >= 15 is 0 Å². The molecule has 0 aliphatic heterocycles. The number of nitriles is 1. The molecular formula is C12H22N2O. The summed E-state index contributed by atoms with van der Waals surface area (Å²) in [4.78, 5) is 11.5. The quantitative estimate of drug-likeness (QED) is 0.656. The Kier molecular flexibility index (Phi) is 7.71. The van der Waals surface area contributed by atoms with Crippen LogP contribution < -0.4 is 5.32 Å². The molecule has 15 heavy (non-hydrogen) atoms. The molecule has 0 fully saturated rings. The summed E-state index contributed by atoms with van der Waals surface area (Å²) >= 11 is 0. The lowest BCUT2D eigenvalue weighted by Gasteiger charge is -2.09. The average Bonchev–Trinajstić information content (AvgIpc) is 2.20. The van der Waals surface area contributed by atoms with Gasteiger partial charge >= 0.3 is 0 Å². The third-order valence-corrected chi connectivity index (χ3v) is 2.31. The molecule has 1 amide bonds. The maximum Gasteiger partial charge on any atom is 0.237 e. The molecule has 0 aromatic heterocycles. The van der Waals surface area contributed by atoms with Crippen LogP contribution in [0.1, 0.15) is 46.5 Å². The summed E-state index contributed by atoms with van der Waals surface area (Å²) in [6.07, 6.45) is 3.64. The summed E-state index contributed by atoms with van der Waals surface area (Å²) in [5, 5.41) is 11.6. The molecule has 0 saturated carbocycles. The van der Waals surface area contributed by atoms with E-state index in [0.717, 1.165) is 19.3 Å². The minimum absolute atomic E-state index is 0.108. The van der Waals surface area contributed by atoms with Crippen molar-refractivity contribution >= 4 is 5.91 Å². The maximum atomic E-state index is 11.5. The Morgan fingerprint density at radius 3 is 2.53 bits per heavy atom. The second kappa shape index (κ2) is 8.28. The number of carbonyl (C=O) groups excluding carboxylic acids is 1. The van der Waals surface area contributed by atoms with E-state index in [-0.39, 0.29) is 5.91 Å². The molecule has 0 rings (SSSR count). The van der Waals surface area contributed by atoms with Crippen molar-refractivity contribution in [2.24, 2.45) is 11.8 Å². The van der Waals surface area contributed by atoms with Gasteiger partial charge in [0.2, 0.25) is 5.91 Å². The predicted molar refractivity (Wildman–Crippen MR) is 61.1 cm³/mol. The highest BCUT2D eigenvalue weighted by Gasteiger charge is 2.15. The Balaban J connectivity index is 3.68. The Hall–Kier alpha value is -1.04. The van der Waals surface area contributed by atoms with Gasteiger partial charge in [-0.15, -0.1) is 0 Å². The van der Waals surface area contributed by atoms with Gasteiger partial charge in [-0.05, 0) is 25.2 Å². The van der Waals surface area contributed by atoms with E-state index in [4.69, 9.17) is 5.26 Å². The molecule has 0 aliphatic rings. The molecule has 3 heteroatoms. The van der Waals surface area contributed by atoms with Crippen molar-refractivity contribution in [2.75, 3.05) is 6.54 Å². The van der Waals surface area contributed by atoms with E-state index in [2.05, 4.69) is 19.2 Å². The van der Waals surface area contributed by atoms with Crippen LogP contribution in [0.4, 0.5) is 0 Å². The third-order valence-electron chi connectivity index (χ3n) is 2.31. The molecule has 86 valence electrons. The van der Waals surface area contributed by atoms with Crippen LogP contribution in [0.3, 0.4) is 0 Å². The van der Waals surface area contributed by atoms with Gasteiger partial charge < -0.3 is 5.32 Å². The summed E-state index contributed by atoms with van der Waals surface area (Å²) in [5.41, 5.74) is 0. The zero-order valence-electron chi connectivity index (χ0n) is 10.0. The van der Waals surface area contributed by atoms with Crippen molar-refractivity contribution in [3.8, 4) is 6.07 Å². The lowest BCUT2D eigenvalue weighted by atomic mass is 10.0. The highest BCUT2D eigenvalue weighted by atomic mass is 16.1. The van der Waals surface area contributed by atoms with Gasteiger partial charge in [-0.25, -0.2) is 0 Å². The van der Waals surface area contributed by atoms with E-state index in [1.165, 1.54) is 0 Å². The fourth-order valence-electron chi connectivity index (χ4n) is 1.39. The number of nitrogens with zero attached hydrogens (tertiary/aromatic N) is 1. The van der Waals surface area contributed by atoms with Crippen LogP contribution >= 0.6 is 0 Å². The van der Waals surface area contributed by atoms with Gasteiger partial charge in [-0.1, -0.05) is 27.2 Å². The molecular weight excluding hydrogens is 188 g/mol. The number of amides is 1. The molecule has 1 N–H and O–H groups in total. The third kappa shape index (κ3) is 6.96. The van der Waals surface area contributed by atoms with Crippen LogP contribution in [-0.4, -0.2) is 12.5 Å². The summed E-state index contributed by atoms with van der Waals surface area (Å²) < 4.78 is 0. The predicted octanol–water partition coefficient (Wildman–Crippen LogP) is 2.48. The van der Waals surface area contributed by atoms with Crippen LogP contribution in [0.25, 0.3) is 0 Å². The highest BCUT2D eigenvalue weighted by Crippen LogP contribution is 2.05. The van der Waals surface area contributed by atoms with Crippen LogP contribution in [-0.2, 0) is 4.79 Å². The van der Waals surface area contributed by atoms with E-state index < -0.39 is 5.92 Å². The SMILES string of the molecule is CCCC(C#N)C(=O)NCCCC(C)C. The molecule has 3 nitrogen and oxygen atoms in total. The number of rotatable bonds is 7. The lowest BCUT2D eigenvalue weighted by Crippen LogP contribution is -2.30. The summed E-state index contributed by atoms with van der Waals surface area (Å²) in [5.74, 6) is 0.0986. The van der Waals surface area contributed by atoms with Crippen molar-refractivity contribution in [3.05, 3.63) is 0 Å². The van der Waals surface area contributed by atoms with Crippen molar-refractivity contribution in [1.29, 1.82) is 5.26 Å². The van der Waals surface area contributed by atoms with Gasteiger partial charge in [0.15, 0.2) is 0 Å². The normalized spacial score (nSPS) is 12.2. The first-order valence-corrected chi connectivity index (χ1v) is 5.79. The molecule has 0 aliphatic carbocycles. The fraction of sp³-hybridized carbons (Fsp3) is 0.833. The summed E-state index contributed by atoms with van der Waals surface area (Å²) in [6, 6.07) is 2.04. The minimum Gasteiger partial charge on any atom is -0.355 e. The van der Waals surface area contributed by atoms with E-state index in [9.17, 15) is 4.79 Å². The molecule has 0 saturated heterocycles. The smallest absolute Gasteiger partial charge is 0.237 e. The standard InChI is InChI=1S/C12H22N2O/c1-4-6-11(9-13)12(15)14-8-5-7-10(2)3/h10-11H,4-8H2,1-3H3,(H,14,15). The Morgan fingerprint density at radius 1 is 1.40 bits per heavy atom. The summed E-state index contributed by atoms with van der Waals surface area (Å²) in [6.45, 7) is 7.00. The van der Waals surface area contributed by atoms with Crippen LogP contribution in [0.15, 0.2) is 0 Å². The highest BCUT2D eigenvalue weighted by molar-refractivity contribution is 5.80. The van der Waals surface area contributed by atoms with Crippen LogP contribution in [0.5, 0.6) is 0 Å². The zero-order valence-corrected chi connectivity index (χ0v) is 10.0. The zero-order chi connectivity index (χ0) is 11.7. The molecule has 0 spiro atoms. The number of nitrogens with one attached hydrogen (secondary N) is 1. The first-order chi connectivity index (χ1) is 7.11. The van der Waals surface area contributed by atoms with Crippen LogP contribution in [0.2, 0.25) is 0 Å². The molecule has 0 heterocycles. The Morgan fingerprint density at radius 2 is 2.07 bits per heavy atom. The topological polar surface area (TPSA) is 52.9 Å². The van der Waals surface area contributed by atoms with Gasteiger partial charge in [0.1, 0.15) is 5.92 Å². The molecule has 1 unspecified atom stereocenters. The van der Waals surface area contributed by atoms with E-state index in [1.54, 1.807) is 0 Å². The number of hydrogen-bond acceptors (Lipinski definition) is 2. The minimum atomic E-state index is -0.464. The monoisotopic (exact) mass is 210 g/mol.